The lowest BCUT2D eigenvalue weighted by atomic mass is 10.1. The van der Waals surface area contributed by atoms with Crippen LogP contribution in [0.4, 0.5) is 0 Å². The Bertz CT molecular complexity index is 482. The third-order valence-corrected chi connectivity index (χ3v) is 4.79. The van der Waals surface area contributed by atoms with E-state index in [4.69, 9.17) is 16.3 Å². The van der Waals surface area contributed by atoms with Gasteiger partial charge >= 0.3 is 5.97 Å². The number of nitrogens with zero attached hydrogens (tertiary/aromatic N) is 1. The first-order chi connectivity index (χ1) is 9.55. The number of carbonyl (C=O) groups is 1. The molecule has 0 aromatic carbocycles. The van der Waals surface area contributed by atoms with E-state index in [-0.39, 0.29) is 5.97 Å². The van der Waals surface area contributed by atoms with Crippen molar-refractivity contribution in [3.8, 4) is 0 Å². The summed E-state index contributed by atoms with van der Waals surface area (Å²) in [6, 6.07) is 4.01. The van der Waals surface area contributed by atoms with E-state index in [1.54, 1.807) is 18.3 Å². The summed E-state index contributed by atoms with van der Waals surface area (Å²) in [6.45, 7) is 4.08. The molecule has 1 aromatic rings. The van der Waals surface area contributed by atoms with Crippen LogP contribution in [0.5, 0.6) is 0 Å². The standard InChI is InChI=1S/C14H19ClN2O2S/c1-3-19-13(18)14(2,17-10-6-7-10)9-20-12-11(15)5-4-8-16-12/h4-5,8,10,17H,3,6-7,9H2,1-2H3. The predicted molar refractivity (Wildman–Crippen MR) is 81.2 cm³/mol. The summed E-state index contributed by atoms with van der Waals surface area (Å²) in [5.41, 5.74) is -0.706. The summed E-state index contributed by atoms with van der Waals surface area (Å²) < 4.78 is 5.19. The molecular formula is C14H19ClN2O2S. The molecule has 1 unspecified atom stereocenters. The van der Waals surface area contributed by atoms with Gasteiger partial charge in [0.15, 0.2) is 0 Å². The molecule has 1 saturated carbocycles. The quantitative estimate of drug-likeness (QED) is 0.619. The molecule has 1 heterocycles. The lowest BCUT2D eigenvalue weighted by molar-refractivity contribution is -0.149. The number of esters is 1. The molecule has 110 valence electrons. The van der Waals surface area contributed by atoms with Gasteiger partial charge in [-0.15, -0.1) is 11.8 Å². The lowest BCUT2D eigenvalue weighted by Gasteiger charge is -2.28. The van der Waals surface area contributed by atoms with Gasteiger partial charge in [0, 0.05) is 18.0 Å². The normalized spacial score (nSPS) is 17.6. The highest BCUT2D eigenvalue weighted by Crippen LogP contribution is 2.30. The minimum absolute atomic E-state index is 0.216. The second-order valence-corrected chi connectivity index (χ2v) is 6.42. The molecule has 1 aliphatic rings. The zero-order chi connectivity index (χ0) is 14.6. The second kappa shape index (κ2) is 6.78. The van der Waals surface area contributed by atoms with Gasteiger partial charge in [0.05, 0.1) is 11.6 Å². The van der Waals surface area contributed by atoms with Crippen molar-refractivity contribution >= 4 is 29.3 Å². The van der Waals surface area contributed by atoms with Gasteiger partial charge in [0.25, 0.3) is 0 Å². The molecule has 1 aliphatic carbocycles. The Morgan fingerprint density at radius 2 is 2.40 bits per heavy atom. The number of pyridine rings is 1. The SMILES string of the molecule is CCOC(=O)C(C)(CSc1ncccc1Cl)NC1CC1. The topological polar surface area (TPSA) is 51.2 Å². The first-order valence-electron chi connectivity index (χ1n) is 6.73. The van der Waals surface area contributed by atoms with Crippen molar-refractivity contribution in [1.29, 1.82) is 0 Å². The number of rotatable bonds is 7. The van der Waals surface area contributed by atoms with Crippen LogP contribution in [0.25, 0.3) is 0 Å². The van der Waals surface area contributed by atoms with Gasteiger partial charge in [-0.3, -0.25) is 10.1 Å². The maximum atomic E-state index is 12.2. The number of carbonyl (C=O) groups excluding carboxylic acids is 1. The fourth-order valence-corrected chi connectivity index (χ4v) is 3.07. The van der Waals surface area contributed by atoms with Crippen LogP contribution in [0.1, 0.15) is 26.7 Å². The van der Waals surface area contributed by atoms with Crippen LogP contribution < -0.4 is 5.32 Å². The highest BCUT2D eigenvalue weighted by atomic mass is 35.5. The molecule has 4 nitrogen and oxygen atoms in total. The molecule has 0 saturated heterocycles. The van der Waals surface area contributed by atoms with Gasteiger partial charge in [-0.1, -0.05) is 11.6 Å². The molecule has 0 amide bonds. The molecule has 0 aliphatic heterocycles. The van der Waals surface area contributed by atoms with E-state index in [1.165, 1.54) is 11.8 Å². The van der Waals surface area contributed by atoms with Crippen molar-refractivity contribution in [1.82, 2.24) is 10.3 Å². The van der Waals surface area contributed by atoms with Crippen LogP contribution in [0.3, 0.4) is 0 Å². The van der Waals surface area contributed by atoms with Crippen molar-refractivity contribution in [3.05, 3.63) is 23.4 Å². The van der Waals surface area contributed by atoms with Crippen molar-refractivity contribution in [2.75, 3.05) is 12.4 Å². The molecule has 1 atom stereocenters. The maximum Gasteiger partial charge on any atom is 0.326 e. The van der Waals surface area contributed by atoms with E-state index in [0.29, 0.717) is 23.4 Å². The van der Waals surface area contributed by atoms with Crippen molar-refractivity contribution in [3.63, 3.8) is 0 Å². The Labute approximate surface area is 128 Å². The maximum absolute atomic E-state index is 12.2. The molecule has 1 aromatic heterocycles. The molecule has 20 heavy (non-hydrogen) atoms. The van der Waals surface area contributed by atoms with E-state index >= 15 is 0 Å². The fourth-order valence-electron chi connectivity index (χ4n) is 1.82. The van der Waals surface area contributed by atoms with Crippen LogP contribution in [0.2, 0.25) is 5.02 Å². The minimum Gasteiger partial charge on any atom is -0.465 e. The number of halogens is 1. The van der Waals surface area contributed by atoms with E-state index in [2.05, 4.69) is 10.3 Å². The molecule has 2 rings (SSSR count). The number of aromatic nitrogens is 1. The minimum atomic E-state index is -0.706. The van der Waals surface area contributed by atoms with Crippen molar-refractivity contribution in [2.45, 2.75) is 43.3 Å². The van der Waals surface area contributed by atoms with Crippen LogP contribution in [0.15, 0.2) is 23.4 Å². The Kier molecular flexibility index (Phi) is 5.29. The van der Waals surface area contributed by atoms with Crippen LogP contribution in [-0.2, 0) is 9.53 Å². The zero-order valence-electron chi connectivity index (χ0n) is 11.7. The Morgan fingerprint density at radius 3 is 3.00 bits per heavy atom. The van der Waals surface area contributed by atoms with E-state index in [9.17, 15) is 4.79 Å². The Morgan fingerprint density at radius 1 is 1.65 bits per heavy atom. The van der Waals surface area contributed by atoms with Crippen molar-refractivity contribution < 1.29 is 9.53 Å². The van der Waals surface area contributed by atoms with Crippen molar-refractivity contribution in [2.24, 2.45) is 0 Å². The second-order valence-electron chi connectivity index (χ2n) is 5.05. The number of hydrogen-bond acceptors (Lipinski definition) is 5. The van der Waals surface area contributed by atoms with Gasteiger partial charge in [0.2, 0.25) is 0 Å². The number of ether oxygens (including phenoxy) is 1. The fraction of sp³-hybridized carbons (Fsp3) is 0.571. The van der Waals surface area contributed by atoms with Crippen LogP contribution in [0, 0.1) is 0 Å². The summed E-state index contributed by atoms with van der Waals surface area (Å²) in [6.07, 6.45) is 3.93. The van der Waals surface area contributed by atoms with Gasteiger partial charge in [-0.25, -0.2) is 4.98 Å². The summed E-state index contributed by atoms with van der Waals surface area (Å²) in [5, 5.41) is 4.72. The summed E-state index contributed by atoms with van der Waals surface area (Å²) >= 11 is 7.56. The highest BCUT2D eigenvalue weighted by molar-refractivity contribution is 7.99. The Hall–Kier alpha value is -0.780. The molecule has 0 bridgehead atoms. The largest absolute Gasteiger partial charge is 0.465 e. The highest BCUT2D eigenvalue weighted by Gasteiger charge is 2.39. The van der Waals surface area contributed by atoms with Crippen LogP contribution in [-0.4, -0.2) is 34.9 Å². The molecular weight excluding hydrogens is 296 g/mol. The third-order valence-electron chi connectivity index (χ3n) is 3.05. The van der Waals surface area contributed by atoms with Gasteiger partial charge in [-0.05, 0) is 38.8 Å². The lowest BCUT2D eigenvalue weighted by Crippen LogP contribution is -2.53. The predicted octanol–water partition coefficient (Wildman–Crippen LogP) is 2.90. The summed E-state index contributed by atoms with van der Waals surface area (Å²) in [7, 11) is 0. The molecule has 0 spiro atoms. The summed E-state index contributed by atoms with van der Waals surface area (Å²) in [5.74, 6) is 0.324. The molecule has 0 radical (unpaired) electrons. The first-order valence-corrected chi connectivity index (χ1v) is 8.10. The average molecular weight is 315 g/mol. The summed E-state index contributed by atoms with van der Waals surface area (Å²) in [4.78, 5) is 16.4. The number of nitrogens with one attached hydrogen (secondary N) is 1. The third kappa shape index (κ3) is 4.11. The number of thioether (sulfide) groups is 1. The smallest absolute Gasteiger partial charge is 0.326 e. The van der Waals surface area contributed by atoms with E-state index < -0.39 is 5.54 Å². The first kappa shape index (κ1) is 15.6. The van der Waals surface area contributed by atoms with Crippen LogP contribution >= 0.6 is 23.4 Å². The molecule has 1 fully saturated rings. The van der Waals surface area contributed by atoms with Gasteiger partial charge in [-0.2, -0.15) is 0 Å². The average Bonchev–Trinajstić information content (AvgIpc) is 3.22. The Balaban J connectivity index is 2.03. The monoisotopic (exact) mass is 314 g/mol. The van der Waals surface area contributed by atoms with Gasteiger partial charge in [0.1, 0.15) is 10.6 Å². The number of hydrogen-bond donors (Lipinski definition) is 1. The van der Waals surface area contributed by atoms with Gasteiger partial charge < -0.3 is 4.74 Å². The van der Waals surface area contributed by atoms with E-state index in [0.717, 1.165) is 17.9 Å². The zero-order valence-corrected chi connectivity index (χ0v) is 13.3. The molecule has 6 heteroatoms. The molecule has 1 N–H and O–H groups in total. The van der Waals surface area contributed by atoms with E-state index in [1.807, 2.05) is 13.8 Å².